The summed E-state index contributed by atoms with van der Waals surface area (Å²) in [6.07, 6.45) is 1.06. The van der Waals surface area contributed by atoms with Gasteiger partial charge in [0.05, 0.1) is 15.2 Å². The van der Waals surface area contributed by atoms with Crippen LogP contribution in [-0.2, 0) is 10.0 Å². The fourth-order valence-electron chi connectivity index (χ4n) is 2.31. The summed E-state index contributed by atoms with van der Waals surface area (Å²) in [6, 6.07) is 9.17. The van der Waals surface area contributed by atoms with Crippen LogP contribution in [0.3, 0.4) is 0 Å². The first-order valence-corrected chi connectivity index (χ1v) is 7.97. The number of fused-ring (bicyclic) bond motifs is 1. The summed E-state index contributed by atoms with van der Waals surface area (Å²) in [7, 11) is -4.29. The molecule has 24 heavy (non-hydrogen) atoms. The minimum absolute atomic E-state index is 0.154. The summed E-state index contributed by atoms with van der Waals surface area (Å²) in [5.74, 6) is -1.54. The first-order chi connectivity index (χ1) is 11.3. The first kappa shape index (κ1) is 15.6. The van der Waals surface area contributed by atoms with E-state index in [2.05, 4.69) is 4.98 Å². The van der Waals surface area contributed by atoms with E-state index < -0.39 is 32.3 Å². The molecular weight excluding hydrogens is 338 g/mol. The highest BCUT2D eigenvalue weighted by Crippen LogP contribution is 2.30. The number of hydrogen-bond acceptors (Lipinski definition) is 6. The zero-order chi connectivity index (χ0) is 17.5. The molecule has 0 fully saturated rings. The SMILES string of the molecule is O=C(O)c1cc2c([N+](=O)[O-])ccnc2n1S(=O)(=O)c1ccccc1. The van der Waals surface area contributed by atoms with Crippen LogP contribution < -0.4 is 0 Å². The van der Waals surface area contributed by atoms with Gasteiger partial charge in [0.2, 0.25) is 0 Å². The molecular formula is C14H9N3O6S. The lowest BCUT2D eigenvalue weighted by atomic mass is 10.3. The van der Waals surface area contributed by atoms with E-state index in [1.807, 2.05) is 0 Å². The van der Waals surface area contributed by atoms with Crippen LogP contribution in [0.5, 0.6) is 0 Å². The number of rotatable bonds is 4. The molecule has 3 aromatic rings. The molecule has 0 unspecified atom stereocenters. The quantitative estimate of drug-likeness (QED) is 0.562. The summed E-state index contributed by atoms with van der Waals surface area (Å²) in [6.45, 7) is 0. The van der Waals surface area contributed by atoms with Crippen molar-refractivity contribution in [3.8, 4) is 0 Å². The van der Waals surface area contributed by atoms with Crippen molar-refractivity contribution in [2.75, 3.05) is 0 Å². The smallest absolute Gasteiger partial charge is 0.353 e. The van der Waals surface area contributed by atoms with Crippen molar-refractivity contribution >= 4 is 32.7 Å². The van der Waals surface area contributed by atoms with Crippen molar-refractivity contribution in [3.05, 3.63) is 64.5 Å². The molecule has 3 rings (SSSR count). The van der Waals surface area contributed by atoms with Gasteiger partial charge in [0, 0.05) is 12.3 Å². The van der Waals surface area contributed by atoms with E-state index in [1.54, 1.807) is 6.07 Å². The molecule has 0 atom stereocenters. The summed E-state index contributed by atoms with van der Waals surface area (Å²) >= 11 is 0. The third kappa shape index (κ3) is 2.29. The number of carboxylic acid groups (broad SMARTS) is 1. The molecule has 1 N–H and O–H groups in total. The van der Waals surface area contributed by atoms with E-state index in [0.717, 1.165) is 18.3 Å². The predicted octanol–water partition coefficient (Wildman–Crippen LogP) is 1.88. The molecule has 0 aliphatic rings. The van der Waals surface area contributed by atoms with Crippen molar-refractivity contribution in [2.24, 2.45) is 0 Å². The van der Waals surface area contributed by atoms with Crippen LogP contribution >= 0.6 is 0 Å². The van der Waals surface area contributed by atoms with Gasteiger partial charge in [-0.2, -0.15) is 0 Å². The Hall–Kier alpha value is -3.27. The first-order valence-electron chi connectivity index (χ1n) is 6.53. The van der Waals surface area contributed by atoms with Crippen LogP contribution in [0.25, 0.3) is 11.0 Å². The summed E-state index contributed by atoms with van der Waals surface area (Å²) < 4.78 is 26.1. The van der Waals surface area contributed by atoms with Gasteiger partial charge in [-0.3, -0.25) is 10.1 Å². The lowest BCUT2D eigenvalue weighted by Gasteiger charge is -2.09. The molecule has 10 heteroatoms. The average molecular weight is 347 g/mol. The molecule has 0 radical (unpaired) electrons. The maximum atomic E-state index is 12.8. The average Bonchev–Trinajstić information content (AvgIpc) is 2.96. The second-order valence-corrected chi connectivity index (χ2v) is 6.53. The molecule has 0 spiro atoms. The van der Waals surface area contributed by atoms with Crippen LogP contribution in [0.2, 0.25) is 0 Å². The maximum Gasteiger partial charge on any atom is 0.353 e. The summed E-state index contributed by atoms with van der Waals surface area (Å²) in [4.78, 5) is 25.5. The number of nitrogens with zero attached hydrogens (tertiary/aromatic N) is 3. The van der Waals surface area contributed by atoms with Crippen molar-refractivity contribution < 1.29 is 23.2 Å². The molecule has 0 bridgehead atoms. The minimum Gasteiger partial charge on any atom is -0.477 e. The second kappa shape index (κ2) is 5.42. The van der Waals surface area contributed by atoms with Gasteiger partial charge < -0.3 is 5.11 Å². The highest BCUT2D eigenvalue weighted by atomic mass is 32.2. The van der Waals surface area contributed by atoms with Crippen LogP contribution in [0.1, 0.15) is 10.5 Å². The molecule has 0 aliphatic carbocycles. The molecule has 0 saturated carbocycles. The van der Waals surface area contributed by atoms with Crippen molar-refractivity contribution in [1.29, 1.82) is 0 Å². The van der Waals surface area contributed by atoms with Gasteiger partial charge in [0.25, 0.3) is 15.7 Å². The monoisotopic (exact) mass is 347 g/mol. The Morgan fingerprint density at radius 2 is 1.88 bits per heavy atom. The normalized spacial score (nSPS) is 11.5. The third-order valence-corrected chi connectivity index (χ3v) is 5.05. The van der Waals surface area contributed by atoms with Gasteiger partial charge in [-0.1, -0.05) is 18.2 Å². The zero-order valence-electron chi connectivity index (χ0n) is 11.9. The third-order valence-electron chi connectivity index (χ3n) is 3.34. The molecule has 0 aliphatic heterocycles. The number of benzene rings is 1. The molecule has 2 heterocycles. The van der Waals surface area contributed by atoms with Crippen LogP contribution in [0.4, 0.5) is 5.69 Å². The Balaban J connectivity index is 2.44. The Morgan fingerprint density at radius 1 is 1.21 bits per heavy atom. The van der Waals surface area contributed by atoms with Gasteiger partial charge >= 0.3 is 5.97 Å². The van der Waals surface area contributed by atoms with Crippen molar-refractivity contribution in [3.63, 3.8) is 0 Å². The van der Waals surface area contributed by atoms with Crippen LogP contribution in [-0.4, -0.2) is 33.4 Å². The van der Waals surface area contributed by atoms with E-state index in [9.17, 15) is 28.4 Å². The molecule has 2 aromatic heterocycles. The summed E-state index contributed by atoms with van der Waals surface area (Å²) in [5, 5.41) is 20.3. The Bertz CT molecular complexity index is 1070. The Kier molecular flexibility index (Phi) is 3.53. The van der Waals surface area contributed by atoms with Crippen LogP contribution in [0.15, 0.2) is 53.6 Å². The number of aromatic nitrogens is 2. The molecule has 9 nitrogen and oxygen atoms in total. The lowest BCUT2D eigenvalue weighted by Crippen LogP contribution is -2.18. The molecule has 122 valence electrons. The minimum atomic E-state index is -4.29. The number of nitro groups is 1. The highest BCUT2D eigenvalue weighted by Gasteiger charge is 2.29. The van der Waals surface area contributed by atoms with Crippen LogP contribution in [0, 0.1) is 10.1 Å². The molecule has 1 aromatic carbocycles. The van der Waals surface area contributed by atoms with E-state index in [-0.39, 0.29) is 15.9 Å². The fourth-order valence-corrected chi connectivity index (χ4v) is 3.79. The Labute approximate surface area is 135 Å². The van der Waals surface area contributed by atoms with E-state index >= 15 is 0 Å². The maximum absolute atomic E-state index is 12.8. The number of carboxylic acids is 1. The number of hydrogen-bond donors (Lipinski definition) is 1. The Morgan fingerprint density at radius 3 is 2.46 bits per heavy atom. The standard InChI is InChI=1S/C14H9N3O6S/c18-14(19)12-8-10-11(17(20)21)6-7-15-13(10)16(12)24(22,23)9-4-2-1-3-5-9/h1-8H,(H,18,19). The van der Waals surface area contributed by atoms with Gasteiger partial charge in [0.1, 0.15) is 5.69 Å². The molecule has 0 saturated heterocycles. The fraction of sp³-hybridized carbons (Fsp3) is 0. The zero-order valence-corrected chi connectivity index (χ0v) is 12.7. The van der Waals surface area contributed by atoms with Gasteiger partial charge in [-0.15, -0.1) is 0 Å². The lowest BCUT2D eigenvalue weighted by molar-refractivity contribution is -0.383. The topological polar surface area (TPSA) is 132 Å². The van der Waals surface area contributed by atoms with Crippen molar-refractivity contribution in [1.82, 2.24) is 8.96 Å². The number of aromatic carboxylic acids is 1. The largest absolute Gasteiger partial charge is 0.477 e. The second-order valence-electron chi connectivity index (χ2n) is 4.74. The van der Waals surface area contributed by atoms with Crippen molar-refractivity contribution in [2.45, 2.75) is 4.90 Å². The number of carbonyl (C=O) groups is 1. The molecule has 0 amide bonds. The number of pyridine rings is 1. The predicted molar refractivity (Wildman–Crippen MR) is 82.4 cm³/mol. The summed E-state index contributed by atoms with van der Waals surface area (Å²) in [5.41, 5.74) is -1.37. The van der Waals surface area contributed by atoms with Gasteiger partial charge in [-0.05, 0) is 18.2 Å². The van der Waals surface area contributed by atoms with E-state index in [0.29, 0.717) is 3.97 Å². The highest BCUT2D eigenvalue weighted by molar-refractivity contribution is 7.90. The van der Waals surface area contributed by atoms with Gasteiger partial charge in [0.15, 0.2) is 5.65 Å². The van der Waals surface area contributed by atoms with E-state index in [1.165, 1.54) is 24.3 Å². The van der Waals surface area contributed by atoms with E-state index in [4.69, 9.17) is 0 Å². The van der Waals surface area contributed by atoms with Gasteiger partial charge in [-0.25, -0.2) is 22.2 Å².